The summed E-state index contributed by atoms with van der Waals surface area (Å²) >= 11 is 0. The van der Waals surface area contributed by atoms with Crippen LogP contribution in [0.5, 0.6) is 5.75 Å². The highest BCUT2D eigenvalue weighted by molar-refractivity contribution is 5.94. The van der Waals surface area contributed by atoms with Gasteiger partial charge in [0.15, 0.2) is 5.96 Å². The van der Waals surface area contributed by atoms with E-state index in [-0.39, 0.29) is 41.5 Å². The van der Waals surface area contributed by atoms with E-state index in [1.54, 1.807) is 30.5 Å². The number of rotatable bonds is 10. The molecule has 0 saturated heterocycles. The largest absolute Gasteiger partial charge is 0.491 e. The van der Waals surface area contributed by atoms with E-state index in [9.17, 15) is 14.7 Å². The highest BCUT2D eigenvalue weighted by Gasteiger charge is 2.18. The van der Waals surface area contributed by atoms with Gasteiger partial charge in [-0.2, -0.15) is 4.98 Å². The van der Waals surface area contributed by atoms with E-state index in [4.69, 9.17) is 21.9 Å². The zero-order chi connectivity index (χ0) is 34.1. The van der Waals surface area contributed by atoms with Gasteiger partial charge in [0.1, 0.15) is 24.1 Å². The molecule has 2 aromatic heterocycles. The summed E-state index contributed by atoms with van der Waals surface area (Å²) < 4.78 is 6.94. The number of carbonyl (C=O) groups is 1. The number of nitrogens with one attached hydrogen (secondary N) is 2. The third kappa shape index (κ3) is 10.5. The number of amides is 1. The van der Waals surface area contributed by atoms with Crippen molar-refractivity contribution in [1.82, 2.24) is 19.9 Å². The Morgan fingerprint density at radius 1 is 1.07 bits per heavy atom. The number of aliphatic hydroxyl groups excluding tert-OH is 1. The number of nitrogens with two attached hydrogens (primary N) is 3. The topological polar surface area (TPSA) is 200 Å². The molecule has 2 aromatic carbocycles. The lowest BCUT2D eigenvalue weighted by molar-refractivity contribution is 0.0953. The van der Waals surface area contributed by atoms with Gasteiger partial charge in [-0.05, 0) is 59.9 Å². The van der Waals surface area contributed by atoms with Crippen LogP contribution in [0, 0.1) is 0 Å². The van der Waals surface area contributed by atoms with Gasteiger partial charge in [-0.1, -0.05) is 53.7 Å². The Labute approximate surface area is 270 Å². The molecular formula is C34H48N8O4. The molecule has 0 unspecified atom stereocenters. The average molecular weight is 633 g/mol. The number of ether oxygens (including phenoxy) is 1. The number of carbonyl (C=O) groups excluding carboxylic acids is 1. The summed E-state index contributed by atoms with van der Waals surface area (Å²) in [4.78, 5) is 36.0. The van der Waals surface area contributed by atoms with E-state index in [2.05, 4.69) is 67.9 Å². The highest BCUT2D eigenvalue weighted by atomic mass is 16.5. The molecule has 0 bridgehead atoms. The fourth-order valence-corrected chi connectivity index (χ4v) is 4.26. The molecule has 12 heteroatoms. The first kappa shape index (κ1) is 35.8. The van der Waals surface area contributed by atoms with Crippen LogP contribution in [0.25, 0.3) is 16.7 Å². The molecule has 1 amide bonds. The molecule has 0 aliphatic heterocycles. The summed E-state index contributed by atoms with van der Waals surface area (Å²) in [5.74, 6) is 0.613. The van der Waals surface area contributed by atoms with Gasteiger partial charge in [-0.3, -0.25) is 14.4 Å². The molecule has 0 aliphatic carbocycles. The van der Waals surface area contributed by atoms with Crippen molar-refractivity contribution in [1.29, 1.82) is 0 Å². The molecule has 12 nitrogen and oxygen atoms in total. The lowest BCUT2D eigenvalue weighted by atomic mass is 9.87. The van der Waals surface area contributed by atoms with Crippen molar-refractivity contribution < 1.29 is 14.6 Å². The van der Waals surface area contributed by atoms with Crippen molar-refractivity contribution in [2.75, 3.05) is 26.2 Å². The minimum absolute atomic E-state index is 0.0362. The fraction of sp³-hybridized carbons (Fsp3) is 0.412. The number of hydrogen-bond donors (Lipinski definition) is 6. The molecule has 0 radical (unpaired) electrons. The van der Waals surface area contributed by atoms with Crippen molar-refractivity contribution in [2.24, 2.45) is 22.2 Å². The van der Waals surface area contributed by atoms with Gasteiger partial charge in [-0.25, -0.2) is 4.79 Å². The predicted molar refractivity (Wildman–Crippen MR) is 184 cm³/mol. The zero-order valence-corrected chi connectivity index (χ0v) is 27.6. The Kier molecular flexibility index (Phi) is 12.1. The van der Waals surface area contributed by atoms with Crippen LogP contribution >= 0.6 is 0 Å². The lowest BCUT2D eigenvalue weighted by Crippen LogP contribution is -2.26. The second-order valence-corrected chi connectivity index (χ2v) is 13.1. The van der Waals surface area contributed by atoms with E-state index in [1.165, 1.54) is 10.1 Å². The Hall–Kier alpha value is -4.68. The molecule has 0 saturated carbocycles. The molecule has 0 aliphatic rings. The summed E-state index contributed by atoms with van der Waals surface area (Å²) in [6, 6.07) is 16.7. The van der Waals surface area contributed by atoms with Crippen LogP contribution in [0.3, 0.4) is 0 Å². The Morgan fingerprint density at radius 2 is 1.76 bits per heavy atom. The second-order valence-electron chi connectivity index (χ2n) is 13.1. The third-order valence-electron chi connectivity index (χ3n) is 7.05. The van der Waals surface area contributed by atoms with Gasteiger partial charge in [0.25, 0.3) is 5.91 Å². The van der Waals surface area contributed by atoms with Gasteiger partial charge in [-0.15, -0.1) is 0 Å². The van der Waals surface area contributed by atoms with Crippen molar-refractivity contribution >= 4 is 22.9 Å². The summed E-state index contributed by atoms with van der Waals surface area (Å²) in [5, 5.41) is 13.0. The Bertz CT molecular complexity index is 1670. The lowest BCUT2D eigenvalue weighted by Gasteiger charge is -2.20. The van der Waals surface area contributed by atoms with Gasteiger partial charge in [0.2, 0.25) is 0 Å². The van der Waals surface area contributed by atoms with Crippen LogP contribution < -0.4 is 32.9 Å². The van der Waals surface area contributed by atoms with Crippen molar-refractivity contribution in [2.45, 2.75) is 64.9 Å². The first-order valence-electron chi connectivity index (χ1n) is 15.3. The monoisotopic (exact) mass is 632 g/mol. The molecule has 9 N–H and O–H groups in total. The maximum Gasteiger partial charge on any atom is 0.354 e. The van der Waals surface area contributed by atoms with Gasteiger partial charge in [0.05, 0.1) is 5.69 Å². The fourth-order valence-electron chi connectivity index (χ4n) is 4.26. The number of aromatic nitrogens is 3. The minimum Gasteiger partial charge on any atom is -0.491 e. The van der Waals surface area contributed by atoms with Crippen molar-refractivity contribution in [3.05, 3.63) is 88.1 Å². The number of aliphatic hydroxyl groups is 1. The molecule has 4 aromatic rings. The van der Waals surface area contributed by atoms with E-state index in [1.807, 2.05) is 24.3 Å². The van der Waals surface area contributed by atoms with Crippen LogP contribution in [0.15, 0.2) is 70.6 Å². The average Bonchev–Trinajstić information content (AvgIpc) is 3.43. The van der Waals surface area contributed by atoms with Gasteiger partial charge >= 0.3 is 5.69 Å². The number of nitrogens with zero attached hydrogens (tertiary/aromatic N) is 3. The predicted octanol–water partition coefficient (Wildman–Crippen LogP) is 3.09. The minimum atomic E-state index is -0.599. The molecular weight excluding hydrogens is 584 g/mol. The number of aliphatic imine (C=N–C) groups is 1. The Morgan fingerprint density at radius 3 is 2.37 bits per heavy atom. The van der Waals surface area contributed by atoms with E-state index in [0.29, 0.717) is 36.4 Å². The standard InChI is InChI=1S/C21H27N7O2.C13H21NO2/c1-21(2,3)16-11-14-12-28(20(30)27-17(14)26-16)15-7-5-13(6-8-15)18(29)24-9-4-10-25-19(22)23;1-13(2,3)10-5-4-6-12(7-10)16-9-11(15)8-14/h5-8,11-12H,4,9-10H2,1-3H3,(H,24,29)(H4,22,23,25)(H,26,27,30);4-7,11,15H,8-9,14H2,1-3H3/t;11-/m.0/s1. The van der Waals surface area contributed by atoms with Gasteiger partial charge in [0, 0.05) is 47.9 Å². The maximum absolute atomic E-state index is 12.5. The van der Waals surface area contributed by atoms with E-state index < -0.39 is 6.10 Å². The molecule has 46 heavy (non-hydrogen) atoms. The third-order valence-corrected chi connectivity index (χ3v) is 7.05. The zero-order valence-electron chi connectivity index (χ0n) is 27.6. The van der Waals surface area contributed by atoms with Crippen LogP contribution in [-0.4, -0.2) is 63.9 Å². The number of H-pyrrole nitrogens is 1. The SMILES string of the molecule is CC(C)(C)c1cc2cn(-c3ccc(C(=O)NCCCN=C(N)N)cc3)c(=O)nc2[nH]1.CC(C)(C)c1cccc(OC[C@@H](O)CN)c1. The molecule has 2 heterocycles. The summed E-state index contributed by atoms with van der Waals surface area (Å²) in [6.45, 7) is 14.1. The highest BCUT2D eigenvalue weighted by Crippen LogP contribution is 2.26. The summed E-state index contributed by atoms with van der Waals surface area (Å²) in [5.41, 5.74) is 19.4. The summed E-state index contributed by atoms with van der Waals surface area (Å²) in [7, 11) is 0. The summed E-state index contributed by atoms with van der Waals surface area (Å²) in [6.07, 6.45) is 1.80. The smallest absolute Gasteiger partial charge is 0.354 e. The Balaban J connectivity index is 0.000000304. The van der Waals surface area contributed by atoms with Crippen LogP contribution in [0.1, 0.15) is 69.6 Å². The maximum atomic E-state index is 12.5. The molecule has 0 fully saturated rings. The molecule has 0 spiro atoms. The van der Waals surface area contributed by atoms with E-state index in [0.717, 1.165) is 16.8 Å². The first-order valence-corrected chi connectivity index (χ1v) is 15.3. The van der Waals surface area contributed by atoms with E-state index >= 15 is 0 Å². The quantitative estimate of drug-likeness (QED) is 0.0870. The number of hydrogen-bond acceptors (Lipinski definition) is 7. The first-order chi connectivity index (χ1) is 21.6. The number of aromatic amines is 1. The van der Waals surface area contributed by atoms with Crippen LogP contribution in [0.2, 0.25) is 0 Å². The van der Waals surface area contributed by atoms with Crippen molar-refractivity contribution in [3.8, 4) is 11.4 Å². The second kappa shape index (κ2) is 15.5. The molecule has 4 rings (SSSR count). The van der Waals surface area contributed by atoms with Crippen LogP contribution in [-0.2, 0) is 10.8 Å². The van der Waals surface area contributed by atoms with Gasteiger partial charge < -0.3 is 37.3 Å². The number of fused-ring (bicyclic) bond motifs is 1. The molecule has 248 valence electrons. The molecule has 1 atom stereocenters. The number of benzene rings is 2. The number of guanidine groups is 1. The normalized spacial score (nSPS) is 12.2. The van der Waals surface area contributed by atoms with Crippen LogP contribution in [0.4, 0.5) is 0 Å². The van der Waals surface area contributed by atoms with Crippen molar-refractivity contribution in [3.63, 3.8) is 0 Å².